The summed E-state index contributed by atoms with van der Waals surface area (Å²) in [5.41, 5.74) is 1.56. The minimum atomic E-state index is 0.0541. The average Bonchev–Trinajstić information content (AvgIpc) is 3.37. The van der Waals surface area contributed by atoms with E-state index in [1.807, 2.05) is 17.2 Å². The van der Waals surface area contributed by atoms with Gasteiger partial charge in [0, 0.05) is 67.2 Å². The highest BCUT2D eigenvalue weighted by Crippen LogP contribution is 2.28. The molecule has 2 aromatic heterocycles. The number of carbonyl (C=O) groups is 1. The Balaban J connectivity index is 1.29. The molecule has 36 heavy (non-hydrogen) atoms. The molecule has 1 unspecified atom stereocenters. The molecule has 0 radical (unpaired) electrons. The first-order valence-electron chi connectivity index (χ1n) is 12.4. The van der Waals surface area contributed by atoms with E-state index in [4.69, 9.17) is 32.9 Å². The van der Waals surface area contributed by atoms with Gasteiger partial charge in [0.1, 0.15) is 17.8 Å². The Morgan fingerprint density at radius 1 is 1.17 bits per heavy atom. The van der Waals surface area contributed by atoms with Gasteiger partial charge in [-0.2, -0.15) is 0 Å². The number of amides is 1. The number of fused-ring (bicyclic) bond motifs is 1. The van der Waals surface area contributed by atoms with E-state index in [1.165, 1.54) is 0 Å². The van der Waals surface area contributed by atoms with Crippen LogP contribution >= 0.6 is 23.2 Å². The zero-order valence-electron chi connectivity index (χ0n) is 20.1. The lowest BCUT2D eigenvalue weighted by Crippen LogP contribution is -2.53. The van der Waals surface area contributed by atoms with Crippen LogP contribution in [0, 0.1) is 0 Å². The van der Waals surface area contributed by atoms with Gasteiger partial charge in [0.2, 0.25) is 5.91 Å². The number of morpholine rings is 1. The van der Waals surface area contributed by atoms with Crippen LogP contribution < -0.4 is 10.2 Å². The van der Waals surface area contributed by atoms with E-state index in [0.717, 1.165) is 81.3 Å². The summed E-state index contributed by atoms with van der Waals surface area (Å²) in [5, 5.41) is 5.24. The summed E-state index contributed by atoms with van der Waals surface area (Å²) in [6.07, 6.45) is 5.45. The topological polar surface area (TPSA) is 89.6 Å². The lowest BCUT2D eigenvalue weighted by Gasteiger charge is -2.41. The number of H-pyrrole nitrogens is 1. The molecule has 1 amide bonds. The van der Waals surface area contributed by atoms with Gasteiger partial charge >= 0.3 is 0 Å². The number of rotatable bonds is 8. The molecule has 0 spiro atoms. The molecular weight excluding hydrogens is 501 g/mol. The number of aromatic nitrogens is 3. The Morgan fingerprint density at radius 3 is 2.78 bits per heavy atom. The van der Waals surface area contributed by atoms with Gasteiger partial charge in [-0.25, -0.2) is 9.97 Å². The van der Waals surface area contributed by atoms with Crippen molar-refractivity contribution in [2.24, 2.45) is 0 Å². The van der Waals surface area contributed by atoms with E-state index in [0.29, 0.717) is 16.6 Å². The Labute approximate surface area is 220 Å². The first kappa shape index (κ1) is 25.1. The number of carbonyl (C=O) groups excluding carboxylic acids is 1. The lowest BCUT2D eigenvalue weighted by atomic mass is 10.0. The molecule has 3 aromatic rings. The van der Waals surface area contributed by atoms with E-state index in [-0.39, 0.29) is 18.5 Å². The van der Waals surface area contributed by atoms with Crippen LogP contribution in [0.15, 0.2) is 36.8 Å². The molecule has 2 saturated heterocycles. The first-order chi connectivity index (χ1) is 17.6. The zero-order chi connectivity index (χ0) is 24.9. The molecule has 11 heteroatoms. The Kier molecular flexibility index (Phi) is 8.11. The third-order valence-electron chi connectivity index (χ3n) is 6.86. The van der Waals surface area contributed by atoms with E-state index in [9.17, 15) is 4.79 Å². The fourth-order valence-corrected chi connectivity index (χ4v) is 5.53. The molecule has 2 aliphatic rings. The van der Waals surface area contributed by atoms with Gasteiger partial charge in [0.15, 0.2) is 0 Å². The molecule has 2 fully saturated rings. The lowest BCUT2D eigenvalue weighted by molar-refractivity contribution is -0.130. The third-order valence-corrected chi connectivity index (χ3v) is 7.30. The Morgan fingerprint density at radius 2 is 1.97 bits per heavy atom. The predicted octanol–water partition coefficient (Wildman–Crippen LogP) is 3.51. The Hall–Kier alpha value is -2.59. The second kappa shape index (κ2) is 11.6. The van der Waals surface area contributed by atoms with E-state index >= 15 is 0 Å². The molecule has 0 aliphatic carbocycles. The molecule has 5 rings (SSSR count). The third kappa shape index (κ3) is 6.03. The molecule has 2 aliphatic heterocycles. The van der Waals surface area contributed by atoms with Gasteiger partial charge in [0.25, 0.3) is 0 Å². The van der Waals surface area contributed by atoms with Crippen LogP contribution in [0.5, 0.6) is 0 Å². The summed E-state index contributed by atoms with van der Waals surface area (Å²) in [6.45, 7) is 6.73. The molecule has 192 valence electrons. The predicted molar refractivity (Wildman–Crippen MR) is 143 cm³/mol. The largest absolute Gasteiger partial charge is 0.379 e. The van der Waals surface area contributed by atoms with Crippen molar-refractivity contribution >= 4 is 51.6 Å². The monoisotopic (exact) mass is 531 g/mol. The van der Waals surface area contributed by atoms with Crippen LogP contribution in [0.3, 0.4) is 0 Å². The van der Waals surface area contributed by atoms with Crippen molar-refractivity contribution in [3.05, 3.63) is 46.8 Å². The van der Waals surface area contributed by atoms with E-state index in [2.05, 4.69) is 25.1 Å². The summed E-state index contributed by atoms with van der Waals surface area (Å²) in [5.74, 6) is 0.971. The van der Waals surface area contributed by atoms with Gasteiger partial charge in [-0.3, -0.25) is 9.69 Å². The molecule has 1 atom stereocenters. The minimum absolute atomic E-state index is 0.0541. The maximum absolute atomic E-state index is 13.1. The number of aromatic amines is 1. The van der Waals surface area contributed by atoms with Crippen LogP contribution in [-0.4, -0.2) is 95.7 Å². The van der Waals surface area contributed by atoms with Crippen LogP contribution in [-0.2, 0) is 9.53 Å². The average molecular weight is 532 g/mol. The van der Waals surface area contributed by atoms with Crippen molar-refractivity contribution in [2.45, 2.75) is 18.9 Å². The van der Waals surface area contributed by atoms with Crippen molar-refractivity contribution in [3.8, 4) is 0 Å². The minimum Gasteiger partial charge on any atom is -0.379 e. The maximum Gasteiger partial charge on any atom is 0.241 e. The van der Waals surface area contributed by atoms with Crippen LogP contribution in [0.2, 0.25) is 10.0 Å². The summed E-state index contributed by atoms with van der Waals surface area (Å²) in [6, 6.07) is 7.40. The van der Waals surface area contributed by atoms with Crippen LogP contribution in [0.25, 0.3) is 11.0 Å². The second-order valence-corrected chi connectivity index (χ2v) is 10.1. The number of nitrogens with one attached hydrogen (secondary N) is 2. The van der Waals surface area contributed by atoms with Gasteiger partial charge in [-0.15, -0.1) is 0 Å². The van der Waals surface area contributed by atoms with Crippen LogP contribution in [0.4, 0.5) is 11.5 Å². The van der Waals surface area contributed by atoms with Gasteiger partial charge in [0.05, 0.1) is 25.1 Å². The molecule has 1 aromatic carbocycles. The Bertz CT molecular complexity index is 1160. The SMILES string of the molecule is O=C(CNc1cc(Cl)cc(Cl)c1)N1CCCC(N(CCN2CCOCC2)c2ncnc3[nH]ccc23)C1. The van der Waals surface area contributed by atoms with Crippen molar-refractivity contribution < 1.29 is 9.53 Å². The number of halogens is 2. The van der Waals surface area contributed by atoms with Gasteiger partial charge in [-0.1, -0.05) is 23.2 Å². The number of benzene rings is 1. The maximum atomic E-state index is 13.1. The van der Waals surface area contributed by atoms with E-state index < -0.39 is 0 Å². The van der Waals surface area contributed by atoms with Crippen molar-refractivity contribution in [1.29, 1.82) is 0 Å². The highest BCUT2D eigenvalue weighted by Gasteiger charge is 2.30. The molecule has 4 heterocycles. The number of hydrogen-bond donors (Lipinski definition) is 2. The second-order valence-electron chi connectivity index (χ2n) is 9.23. The smallest absolute Gasteiger partial charge is 0.241 e. The first-order valence-corrected chi connectivity index (χ1v) is 13.1. The molecule has 0 saturated carbocycles. The summed E-state index contributed by atoms with van der Waals surface area (Å²) in [7, 11) is 0. The molecule has 2 N–H and O–H groups in total. The van der Waals surface area contributed by atoms with Crippen molar-refractivity contribution in [1.82, 2.24) is 24.8 Å². The van der Waals surface area contributed by atoms with Crippen LogP contribution in [0.1, 0.15) is 12.8 Å². The number of anilines is 2. The normalized spacial score (nSPS) is 18.9. The summed E-state index contributed by atoms with van der Waals surface area (Å²) in [4.78, 5) is 32.2. The van der Waals surface area contributed by atoms with Gasteiger partial charge < -0.3 is 24.8 Å². The molecule has 9 nitrogen and oxygen atoms in total. The number of likely N-dealkylation sites (tertiary alicyclic amines) is 1. The fraction of sp³-hybridized carbons (Fsp3) is 0.480. The van der Waals surface area contributed by atoms with Crippen molar-refractivity contribution in [2.75, 3.05) is 69.2 Å². The number of nitrogens with zero attached hydrogens (tertiary/aromatic N) is 5. The van der Waals surface area contributed by atoms with E-state index in [1.54, 1.807) is 24.5 Å². The standard InChI is InChI=1S/C25H31Cl2N7O2/c26-18-12-19(27)14-20(13-18)29-15-23(35)33-5-1-2-21(16-33)34(7-6-32-8-10-36-11-9-32)25-22-3-4-28-24(22)30-17-31-25/h3-4,12-14,17,21,29H,1-2,5-11,15-16H2,(H,28,30,31). The highest BCUT2D eigenvalue weighted by atomic mass is 35.5. The quantitative estimate of drug-likeness (QED) is 0.459. The number of piperidine rings is 1. The van der Waals surface area contributed by atoms with Crippen molar-refractivity contribution in [3.63, 3.8) is 0 Å². The number of hydrogen-bond acceptors (Lipinski definition) is 7. The molecular formula is C25H31Cl2N7O2. The fourth-order valence-electron chi connectivity index (χ4n) is 5.00. The number of ether oxygens (including phenoxy) is 1. The summed E-state index contributed by atoms with van der Waals surface area (Å²) < 4.78 is 5.52. The highest BCUT2D eigenvalue weighted by molar-refractivity contribution is 6.35. The van der Waals surface area contributed by atoms with Gasteiger partial charge in [-0.05, 0) is 37.1 Å². The molecule has 0 bridgehead atoms. The summed E-state index contributed by atoms with van der Waals surface area (Å²) >= 11 is 12.2. The zero-order valence-corrected chi connectivity index (χ0v) is 21.6.